The van der Waals surface area contributed by atoms with E-state index in [4.69, 9.17) is 0 Å². The first-order valence-corrected chi connectivity index (χ1v) is 2.46. The Balaban J connectivity index is 2.86. The Hall–Kier alpha value is -0.490. The van der Waals surface area contributed by atoms with Crippen LogP contribution in [0.5, 0.6) is 0 Å². The van der Waals surface area contributed by atoms with Crippen LogP contribution in [0.2, 0.25) is 0 Å². The van der Waals surface area contributed by atoms with E-state index in [9.17, 15) is 4.79 Å². The van der Waals surface area contributed by atoms with Crippen molar-refractivity contribution in [3.8, 4) is 0 Å². The van der Waals surface area contributed by atoms with E-state index in [0.717, 1.165) is 0 Å². The van der Waals surface area contributed by atoms with Crippen molar-refractivity contribution in [2.75, 3.05) is 0 Å². The van der Waals surface area contributed by atoms with E-state index >= 15 is 0 Å². The van der Waals surface area contributed by atoms with Crippen molar-refractivity contribution in [2.45, 2.75) is 0 Å². The van der Waals surface area contributed by atoms with Gasteiger partial charge in [-0.05, 0) is 5.80 Å². The summed E-state index contributed by atoms with van der Waals surface area (Å²) in [6, 6.07) is 0. The second kappa shape index (κ2) is 1.31. The highest BCUT2D eigenvalue weighted by molar-refractivity contribution is 7.60. The van der Waals surface area contributed by atoms with Gasteiger partial charge in [0.1, 0.15) is 0 Å². The summed E-state index contributed by atoms with van der Waals surface area (Å²) in [5.74, 6) is 1.71. The zero-order valence-electron chi connectivity index (χ0n) is 2.96. The number of carbonyl (C=O) groups excluding carboxylic acids is 1. The number of amides is 1. The maximum Gasteiger partial charge on any atom is 0.295 e. The third-order valence-corrected chi connectivity index (χ3v) is 1.06. The Morgan fingerprint density at radius 1 is 1.83 bits per heavy atom. The zero-order chi connectivity index (χ0) is 4.41. The van der Waals surface area contributed by atoms with Gasteiger partial charge in [-0.2, -0.15) is 0 Å². The molecule has 3 heteroatoms. The smallest absolute Gasteiger partial charge is 0.262 e. The average Bonchev–Trinajstić information content (AvgIpc) is 1.86. The van der Waals surface area contributed by atoms with Crippen molar-refractivity contribution in [3.63, 3.8) is 0 Å². The van der Waals surface area contributed by atoms with Crippen LogP contribution >= 0.6 is 8.20 Å². The molecule has 30 valence electrons. The summed E-state index contributed by atoms with van der Waals surface area (Å²) < 4.78 is 0. The van der Waals surface area contributed by atoms with Crippen LogP contribution in [-0.2, 0) is 0 Å². The Bertz CT molecular complexity index is 113. The van der Waals surface area contributed by atoms with E-state index in [2.05, 4.69) is 4.99 Å². The molecule has 0 spiro atoms. The molecule has 0 saturated heterocycles. The molecule has 2 nitrogen and oxygen atoms in total. The summed E-state index contributed by atoms with van der Waals surface area (Å²) in [5, 5.41) is 0. The van der Waals surface area contributed by atoms with Gasteiger partial charge >= 0.3 is 0 Å². The maximum atomic E-state index is 10.0. The average molecular weight is 99.0 g/mol. The molecule has 0 fully saturated rings. The molecule has 0 saturated carbocycles. The van der Waals surface area contributed by atoms with E-state index in [0.29, 0.717) is 8.20 Å². The molecule has 1 aliphatic rings. The molecule has 1 aliphatic heterocycles. The fourth-order valence-electron chi connectivity index (χ4n) is 0.228. The summed E-state index contributed by atoms with van der Waals surface area (Å²) in [5.41, 5.74) is -0.0602. The zero-order valence-corrected chi connectivity index (χ0v) is 3.85. The van der Waals surface area contributed by atoms with Crippen LogP contribution in [0.1, 0.15) is 0 Å². The number of hydrogen-bond acceptors (Lipinski definition) is 1. The van der Waals surface area contributed by atoms with Crippen molar-refractivity contribution in [1.29, 1.82) is 0 Å². The van der Waals surface area contributed by atoms with Crippen molar-refractivity contribution >= 4 is 25.9 Å². The summed E-state index contributed by atoms with van der Waals surface area (Å²) >= 11 is 0. The van der Waals surface area contributed by atoms with Gasteiger partial charge in [-0.25, -0.2) is 4.99 Å². The van der Waals surface area contributed by atoms with Crippen LogP contribution in [0.15, 0.2) is 4.99 Å². The van der Waals surface area contributed by atoms with Crippen molar-refractivity contribution in [1.82, 2.24) is 0 Å². The standard InChI is InChI=1S/C3H2NOP/c5-3-4-1-2-6-3/h1-2H. The SMILES string of the molecule is O=C1N=CC=P1. The number of aliphatic imine (C=N–C) groups is 1. The first-order valence-electron chi connectivity index (χ1n) is 1.50. The Kier molecular flexibility index (Phi) is 0.807. The molecule has 0 radical (unpaired) electrons. The minimum absolute atomic E-state index is 0.0602. The van der Waals surface area contributed by atoms with E-state index in [1.54, 1.807) is 5.80 Å². The molecule has 1 rings (SSSR count). The molecule has 1 amide bonds. The molecule has 0 unspecified atom stereocenters. The highest BCUT2D eigenvalue weighted by atomic mass is 31.1. The lowest BCUT2D eigenvalue weighted by molar-refractivity contribution is 0.267. The van der Waals surface area contributed by atoms with E-state index < -0.39 is 0 Å². The quantitative estimate of drug-likeness (QED) is 0.415. The fourth-order valence-corrected chi connectivity index (χ4v) is 0.622. The minimum atomic E-state index is -0.0602. The second-order valence-electron chi connectivity index (χ2n) is 0.839. The highest BCUT2D eigenvalue weighted by Crippen LogP contribution is 2.02. The van der Waals surface area contributed by atoms with Crippen molar-refractivity contribution in [2.24, 2.45) is 4.99 Å². The molecule has 6 heavy (non-hydrogen) atoms. The lowest BCUT2D eigenvalue weighted by Crippen LogP contribution is -1.63. The summed E-state index contributed by atoms with van der Waals surface area (Å²) in [7, 11) is 0.704. The Morgan fingerprint density at radius 2 is 2.67 bits per heavy atom. The molecule has 0 bridgehead atoms. The second-order valence-corrected chi connectivity index (χ2v) is 1.78. The Morgan fingerprint density at radius 3 is 2.83 bits per heavy atom. The first kappa shape index (κ1) is 3.69. The molecule has 0 aliphatic carbocycles. The highest BCUT2D eigenvalue weighted by Gasteiger charge is 1.91. The van der Waals surface area contributed by atoms with Crippen LogP contribution in [0.25, 0.3) is 0 Å². The lowest BCUT2D eigenvalue weighted by Gasteiger charge is -1.61. The predicted octanol–water partition coefficient (Wildman–Crippen LogP) is 0.939. The minimum Gasteiger partial charge on any atom is -0.262 e. The molecule has 0 atom stereocenters. The normalized spacial score (nSPS) is 19.7. The number of rotatable bonds is 0. The van der Waals surface area contributed by atoms with E-state index in [1.807, 2.05) is 0 Å². The van der Waals surface area contributed by atoms with Gasteiger partial charge in [0.2, 0.25) is 0 Å². The van der Waals surface area contributed by atoms with Crippen LogP contribution in [0.4, 0.5) is 4.79 Å². The van der Waals surface area contributed by atoms with Crippen LogP contribution in [0.3, 0.4) is 0 Å². The fraction of sp³-hybridized carbons (Fsp3) is 0. The number of carbonyl (C=O) groups is 1. The van der Waals surface area contributed by atoms with Crippen LogP contribution in [-0.4, -0.2) is 17.7 Å². The van der Waals surface area contributed by atoms with Crippen LogP contribution in [0, 0.1) is 0 Å². The van der Waals surface area contributed by atoms with Gasteiger partial charge in [0.05, 0.1) is 0 Å². The maximum absolute atomic E-state index is 10.0. The summed E-state index contributed by atoms with van der Waals surface area (Å²) in [4.78, 5) is 13.4. The largest absolute Gasteiger partial charge is 0.295 e. The molecule has 0 aromatic rings. The summed E-state index contributed by atoms with van der Waals surface area (Å²) in [6.07, 6.45) is 1.52. The Labute approximate surface area is 36.7 Å². The van der Waals surface area contributed by atoms with E-state index in [-0.39, 0.29) is 5.65 Å². The van der Waals surface area contributed by atoms with Gasteiger partial charge in [-0.15, -0.1) is 0 Å². The summed E-state index contributed by atoms with van der Waals surface area (Å²) in [6.45, 7) is 0. The molecular weight excluding hydrogens is 97.0 g/mol. The van der Waals surface area contributed by atoms with Gasteiger partial charge in [-0.3, -0.25) is 4.79 Å². The topological polar surface area (TPSA) is 29.4 Å². The van der Waals surface area contributed by atoms with Crippen molar-refractivity contribution < 1.29 is 4.79 Å². The third-order valence-electron chi connectivity index (χ3n) is 0.437. The third kappa shape index (κ3) is 0.522. The number of nitrogens with zero attached hydrogens (tertiary/aromatic N) is 1. The van der Waals surface area contributed by atoms with Crippen LogP contribution < -0.4 is 0 Å². The predicted molar refractivity (Wildman–Crippen MR) is 26.9 cm³/mol. The lowest BCUT2D eigenvalue weighted by atomic mass is 10.9. The number of hydrogen-bond donors (Lipinski definition) is 0. The first-order chi connectivity index (χ1) is 2.89. The molecule has 0 aromatic carbocycles. The van der Waals surface area contributed by atoms with Gasteiger partial charge < -0.3 is 0 Å². The monoisotopic (exact) mass is 99.0 g/mol. The molecular formula is C3H2NOP. The molecule has 1 heterocycles. The molecule has 0 aromatic heterocycles. The van der Waals surface area contributed by atoms with Gasteiger partial charge in [0.25, 0.3) is 5.65 Å². The van der Waals surface area contributed by atoms with Gasteiger partial charge in [0, 0.05) is 14.4 Å². The van der Waals surface area contributed by atoms with E-state index in [1.165, 1.54) is 6.21 Å². The van der Waals surface area contributed by atoms with Gasteiger partial charge in [0.15, 0.2) is 0 Å². The molecule has 0 N–H and O–H groups in total. The van der Waals surface area contributed by atoms with Gasteiger partial charge in [-0.1, -0.05) is 0 Å². The van der Waals surface area contributed by atoms with Crippen molar-refractivity contribution in [3.05, 3.63) is 0 Å².